The van der Waals surface area contributed by atoms with E-state index < -0.39 is 5.97 Å². The molecule has 2 N–H and O–H groups in total. The fraction of sp³-hybridized carbons (Fsp3) is 0.357. The van der Waals surface area contributed by atoms with E-state index >= 15 is 0 Å². The zero-order valence-corrected chi connectivity index (χ0v) is 11.7. The lowest BCUT2D eigenvalue weighted by atomic mass is 10.1. The van der Waals surface area contributed by atoms with Crippen LogP contribution >= 0.6 is 0 Å². The molecule has 0 aromatic heterocycles. The van der Waals surface area contributed by atoms with Crippen molar-refractivity contribution in [2.24, 2.45) is 0 Å². The summed E-state index contributed by atoms with van der Waals surface area (Å²) < 4.78 is 0. The average Bonchev–Trinajstić information content (AvgIpc) is 2.90. The van der Waals surface area contributed by atoms with Crippen molar-refractivity contribution in [2.75, 3.05) is 31.6 Å². The van der Waals surface area contributed by atoms with Gasteiger partial charge in [0, 0.05) is 37.9 Å². The first kappa shape index (κ1) is 14.8. The Morgan fingerprint density at radius 2 is 2.00 bits per heavy atom. The maximum absolute atomic E-state index is 12.1. The Morgan fingerprint density at radius 1 is 1.33 bits per heavy atom. The maximum Gasteiger partial charge on any atom is 0.321 e. The van der Waals surface area contributed by atoms with E-state index in [9.17, 15) is 14.4 Å². The summed E-state index contributed by atoms with van der Waals surface area (Å²) in [7, 11) is 1.56. The number of carbonyl (C=O) groups excluding carboxylic acids is 2. The van der Waals surface area contributed by atoms with E-state index in [1.54, 1.807) is 36.2 Å². The summed E-state index contributed by atoms with van der Waals surface area (Å²) in [5.74, 6) is -1.18. The van der Waals surface area contributed by atoms with Gasteiger partial charge in [-0.25, -0.2) is 4.79 Å². The third kappa shape index (κ3) is 3.50. The predicted octanol–water partition coefficient (Wildman–Crippen LogP) is 0.763. The van der Waals surface area contributed by atoms with Crippen LogP contribution in [0.25, 0.3) is 0 Å². The van der Waals surface area contributed by atoms with Crippen LogP contribution in [-0.2, 0) is 4.79 Å². The molecule has 1 aliphatic heterocycles. The van der Waals surface area contributed by atoms with Crippen LogP contribution in [0.2, 0.25) is 0 Å². The van der Waals surface area contributed by atoms with Crippen LogP contribution in [0.1, 0.15) is 16.8 Å². The number of carboxylic acid groups (broad SMARTS) is 1. The van der Waals surface area contributed by atoms with Crippen molar-refractivity contribution in [1.29, 1.82) is 0 Å². The van der Waals surface area contributed by atoms with Gasteiger partial charge in [0.2, 0.25) is 0 Å². The molecule has 1 aromatic carbocycles. The smallest absolute Gasteiger partial charge is 0.321 e. The van der Waals surface area contributed by atoms with Crippen LogP contribution in [0.4, 0.5) is 10.5 Å². The number of nitrogens with zero attached hydrogens (tertiary/aromatic N) is 2. The molecule has 1 aromatic rings. The van der Waals surface area contributed by atoms with Crippen molar-refractivity contribution >= 4 is 23.6 Å². The van der Waals surface area contributed by atoms with Crippen molar-refractivity contribution in [1.82, 2.24) is 10.2 Å². The summed E-state index contributed by atoms with van der Waals surface area (Å²) in [6, 6.07) is 6.56. The van der Waals surface area contributed by atoms with E-state index in [2.05, 4.69) is 5.32 Å². The average molecular weight is 291 g/mol. The van der Waals surface area contributed by atoms with Gasteiger partial charge in [0.1, 0.15) is 0 Å². The molecule has 0 bridgehead atoms. The van der Waals surface area contributed by atoms with E-state index in [1.165, 1.54) is 4.90 Å². The topological polar surface area (TPSA) is 90.0 Å². The number of carboxylic acids is 1. The van der Waals surface area contributed by atoms with E-state index in [0.29, 0.717) is 18.7 Å². The van der Waals surface area contributed by atoms with Gasteiger partial charge in [0.15, 0.2) is 0 Å². The van der Waals surface area contributed by atoms with Gasteiger partial charge < -0.3 is 15.3 Å². The molecule has 0 unspecified atom stereocenters. The van der Waals surface area contributed by atoms with Crippen LogP contribution in [0.15, 0.2) is 24.3 Å². The van der Waals surface area contributed by atoms with E-state index in [-0.39, 0.29) is 24.9 Å². The van der Waals surface area contributed by atoms with Crippen molar-refractivity contribution in [3.63, 3.8) is 0 Å². The van der Waals surface area contributed by atoms with Crippen LogP contribution in [0.3, 0.4) is 0 Å². The van der Waals surface area contributed by atoms with Gasteiger partial charge in [-0.2, -0.15) is 0 Å². The lowest BCUT2D eigenvalue weighted by Crippen LogP contribution is -2.29. The Kier molecular flexibility index (Phi) is 4.42. The second-order valence-electron chi connectivity index (χ2n) is 4.80. The van der Waals surface area contributed by atoms with E-state index in [4.69, 9.17) is 5.11 Å². The molecule has 112 valence electrons. The van der Waals surface area contributed by atoms with Crippen LogP contribution in [0, 0.1) is 0 Å². The quantitative estimate of drug-likeness (QED) is 0.838. The standard InChI is InChI=1S/C14H17N3O4/c1-16(8-6-12(18)19)13(20)10-2-4-11(5-3-10)17-9-7-15-14(17)21/h2-5H,6-9H2,1H3,(H,15,21)(H,18,19). The molecule has 0 radical (unpaired) electrons. The molecule has 0 spiro atoms. The number of rotatable bonds is 5. The second-order valence-corrected chi connectivity index (χ2v) is 4.80. The number of hydrogen-bond donors (Lipinski definition) is 2. The molecule has 0 aliphatic carbocycles. The third-order valence-electron chi connectivity index (χ3n) is 3.29. The van der Waals surface area contributed by atoms with E-state index in [0.717, 1.165) is 5.69 Å². The zero-order chi connectivity index (χ0) is 15.4. The molecule has 0 atom stereocenters. The molecule has 1 saturated heterocycles. The molecule has 7 heteroatoms. The van der Waals surface area contributed by atoms with Crippen molar-refractivity contribution < 1.29 is 19.5 Å². The Bertz CT molecular complexity index is 556. The Hall–Kier alpha value is -2.57. The summed E-state index contributed by atoms with van der Waals surface area (Å²) in [4.78, 5) is 37.1. The normalized spacial score (nSPS) is 14.0. The van der Waals surface area contributed by atoms with Crippen molar-refractivity contribution in [2.45, 2.75) is 6.42 Å². The SMILES string of the molecule is CN(CCC(=O)O)C(=O)c1ccc(N2CCNC2=O)cc1. The number of carbonyl (C=O) groups is 3. The van der Waals surface area contributed by atoms with Gasteiger partial charge in [0.25, 0.3) is 5.91 Å². The number of amides is 3. The molecular formula is C14H17N3O4. The maximum atomic E-state index is 12.1. The van der Waals surface area contributed by atoms with Gasteiger partial charge in [-0.1, -0.05) is 0 Å². The number of hydrogen-bond acceptors (Lipinski definition) is 3. The highest BCUT2D eigenvalue weighted by Crippen LogP contribution is 2.17. The molecule has 7 nitrogen and oxygen atoms in total. The Balaban J connectivity index is 2.02. The lowest BCUT2D eigenvalue weighted by molar-refractivity contribution is -0.137. The largest absolute Gasteiger partial charge is 0.481 e. The number of benzene rings is 1. The van der Waals surface area contributed by atoms with Crippen LogP contribution in [0.5, 0.6) is 0 Å². The summed E-state index contributed by atoms with van der Waals surface area (Å²) in [5, 5.41) is 11.3. The number of nitrogens with one attached hydrogen (secondary N) is 1. The third-order valence-corrected chi connectivity index (χ3v) is 3.29. The monoisotopic (exact) mass is 291 g/mol. The fourth-order valence-electron chi connectivity index (χ4n) is 2.09. The van der Waals surface area contributed by atoms with Crippen molar-refractivity contribution in [3.05, 3.63) is 29.8 Å². The first-order valence-electron chi connectivity index (χ1n) is 6.61. The predicted molar refractivity (Wildman–Crippen MR) is 76.4 cm³/mol. The zero-order valence-electron chi connectivity index (χ0n) is 11.7. The van der Waals surface area contributed by atoms with Gasteiger partial charge in [-0.15, -0.1) is 0 Å². The van der Waals surface area contributed by atoms with Gasteiger partial charge in [-0.3, -0.25) is 14.5 Å². The molecule has 1 aliphatic rings. The van der Waals surface area contributed by atoms with Crippen LogP contribution in [-0.4, -0.2) is 54.6 Å². The minimum Gasteiger partial charge on any atom is -0.481 e. The molecule has 1 fully saturated rings. The number of anilines is 1. The fourth-order valence-corrected chi connectivity index (χ4v) is 2.09. The summed E-state index contributed by atoms with van der Waals surface area (Å²) in [6.07, 6.45) is -0.0890. The molecule has 21 heavy (non-hydrogen) atoms. The minimum atomic E-state index is -0.940. The molecular weight excluding hydrogens is 274 g/mol. The summed E-state index contributed by atoms with van der Waals surface area (Å²) in [6.45, 7) is 1.37. The van der Waals surface area contributed by atoms with Gasteiger partial charge in [-0.05, 0) is 24.3 Å². The molecule has 3 amide bonds. The van der Waals surface area contributed by atoms with Crippen molar-refractivity contribution in [3.8, 4) is 0 Å². The number of aliphatic carboxylic acids is 1. The summed E-state index contributed by atoms with van der Waals surface area (Å²) >= 11 is 0. The highest BCUT2D eigenvalue weighted by molar-refractivity contribution is 5.97. The minimum absolute atomic E-state index is 0.0890. The van der Waals surface area contributed by atoms with Crippen LogP contribution < -0.4 is 10.2 Å². The molecule has 1 heterocycles. The van der Waals surface area contributed by atoms with Gasteiger partial charge >= 0.3 is 12.0 Å². The lowest BCUT2D eigenvalue weighted by Gasteiger charge is -2.17. The molecule has 0 saturated carbocycles. The summed E-state index contributed by atoms with van der Waals surface area (Å²) in [5.41, 5.74) is 1.20. The highest BCUT2D eigenvalue weighted by atomic mass is 16.4. The second kappa shape index (κ2) is 6.25. The Labute approximate surface area is 122 Å². The first-order chi connectivity index (χ1) is 9.99. The van der Waals surface area contributed by atoms with E-state index in [1.807, 2.05) is 0 Å². The highest BCUT2D eigenvalue weighted by Gasteiger charge is 2.21. The molecule has 2 rings (SSSR count). The first-order valence-corrected chi connectivity index (χ1v) is 6.61. The Morgan fingerprint density at radius 3 is 2.52 bits per heavy atom. The number of urea groups is 1. The van der Waals surface area contributed by atoms with Gasteiger partial charge in [0.05, 0.1) is 6.42 Å².